The molecule has 0 aromatic carbocycles. The maximum Gasteiger partial charge on any atom is -0.0199 e. The van der Waals surface area contributed by atoms with E-state index in [-0.39, 0.29) is 0 Å². The Kier molecular flexibility index (Phi) is 1.11. The van der Waals surface area contributed by atoms with Gasteiger partial charge in [0.15, 0.2) is 0 Å². The second-order valence-electron chi connectivity index (χ2n) is 7.76. The smallest absolute Gasteiger partial charge is 0.0199 e. The van der Waals surface area contributed by atoms with Gasteiger partial charge in [0, 0.05) is 0 Å². The van der Waals surface area contributed by atoms with E-state index in [2.05, 4.69) is 0 Å². The first-order valence-electron chi connectivity index (χ1n) is 7.29. The van der Waals surface area contributed by atoms with Crippen molar-refractivity contribution in [2.75, 3.05) is 0 Å². The van der Waals surface area contributed by atoms with Gasteiger partial charge in [-0.15, -0.1) is 0 Å². The van der Waals surface area contributed by atoms with E-state index in [1.807, 2.05) is 0 Å². The highest BCUT2D eigenvalue weighted by Crippen LogP contribution is 2.92. The lowest BCUT2D eigenvalue weighted by Gasteiger charge is -2.31. The van der Waals surface area contributed by atoms with Crippen LogP contribution in [0.1, 0.15) is 64.2 Å². The van der Waals surface area contributed by atoms with Crippen molar-refractivity contribution >= 4 is 0 Å². The van der Waals surface area contributed by atoms with Crippen LogP contribution in [-0.4, -0.2) is 0 Å². The van der Waals surface area contributed by atoms with Gasteiger partial charge in [0.05, 0.1) is 0 Å². The predicted octanol–water partition coefficient (Wildman–Crippen LogP) is 4.15. The van der Waals surface area contributed by atoms with Crippen molar-refractivity contribution in [1.82, 2.24) is 0 Å². The molecule has 0 aromatic heterocycles. The fraction of sp³-hybridized carbons (Fsp3) is 1.00. The molecule has 0 radical (unpaired) electrons. The van der Waals surface area contributed by atoms with E-state index in [0.717, 1.165) is 16.2 Å². The molecule has 4 unspecified atom stereocenters. The van der Waals surface area contributed by atoms with Crippen LogP contribution in [0.3, 0.4) is 0 Å². The van der Waals surface area contributed by atoms with Crippen molar-refractivity contribution in [3.8, 4) is 0 Å². The van der Waals surface area contributed by atoms with Crippen molar-refractivity contribution in [1.29, 1.82) is 0 Å². The third kappa shape index (κ3) is 0.666. The third-order valence-corrected chi connectivity index (χ3v) is 7.54. The fourth-order valence-electron chi connectivity index (χ4n) is 7.25. The van der Waals surface area contributed by atoms with E-state index in [1.165, 1.54) is 11.8 Å². The molecule has 2 bridgehead atoms. The highest BCUT2D eigenvalue weighted by molar-refractivity contribution is 5.32. The summed E-state index contributed by atoms with van der Waals surface area (Å²) >= 11 is 0. The van der Waals surface area contributed by atoms with E-state index in [0.29, 0.717) is 0 Å². The minimum Gasteiger partial charge on any atom is -0.0528 e. The van der Waals surface area contributed by atoms with Gasteiger partial charge in [0.25, 0.3) is 0 Å². The molecule has 4 atom stereocenters. The fourth-order valence-corrected chi connectivity index (χ4v) is 7.25. The number of hydrogen-bond donors (Lipinski definition) is 0. The van der Waals surface area contributed by atoms with Gasteiger partial charge in [-0.1, -0.05) is 12.8 Å². The Morgan fingerprint density at radius 2 is 1.33 bits per heavy atom. The number of rotatable bonds is 0. The SMILES string of the molecule is C1CCC2(C1)CC13CC1(C2)C1CCC3C1. The topological polar surface area (TPSA) is 0 Å². The van der Waals surface area contributed by atoms with Crippen LogP contribution < -0.4 is 0 Å². The van der Waals surface area contributed by atoms with Crippen molar-refractivity contribution < 1.29 is 0 Å². The normalized spacial score (nSPS) is 62.4. The van der Waals surface area contributed by atoms with Crippen molar-refractivity contribution in [3.63, 3.8) is 0 Å². The van der Waals surface area contributed by atoms with Crippen molar-refractivity contribution in [2.45, 2.75) is 64.2 Å². The van der Waals surface area contributed by atoms with Gasteiger partial charge in [-0.3, -0.25) is 0 Å². The predicted molar refractivity (Wildman–Crippen MR) is 60.4 cm³/mol. The van der Waals surface area contributed by atoms with Gasteiger partial charge in [-0.05, 0) is 79.4 Å². The summed E-state index contributed by atoms with van der Waals surface area (Å²) < 4.78 is 0. The zero-order valence-corrected chi connectivity index (χ0v) is 9.73. The molecule has 5 aliphatic carbocycles. The van der Waals surface area contributed by atoms with E-state index in [4.69, 9.17) is 0 Å². The van der Waals surface area contributed by atoms with Crippen LogP contribution in [0.15, 0.2) is 0 Å². The maximum absolute atomic E-state index is 1.68. The maximum atomic E-state index is 1.68. The average Bonchev–Trinajstić information content (AvgIpc) is 2.73. The molecule has 0 saturated heterocycles. The molecule has 0 aromatic rings. The summed E-state index contributed by atoms with van der Waals surface area (Å²) in [5.41, 5.74) is 2.78. The molecule has 0 nitrogen and oxygen atoms in total. The Morgan fingerprint density at radius 1 is 0.733 bits per heavy atom. The summed E-state index contributed by atoms with van der Waals surface area (Å²) in [7, 11) is 0. The van der Waals surface area contributed by atoms with Crippen LogP contribution in [0.2, 0.25) is 0 Å². The average molecular weight is 202 g/mol. The van der Waals surface area contributed by atoms with Crippen LogP contribution >= 0.6 is 0 Å². The first-order chi connectivity index (χ1) is 7.29. The lowest BCUT2D eigenvalue weighted by molar-refractivity contribution is 0.196. The summed E-state index contributed by atoms with van der Waals surface area (Å²) in [6.07, 6.45) is 16.2. The molecule has 0 amide bonds. The molecular weight excluding hydrogens is 180 g/mol. The largest absolute Gasteiger partial charge is 0.0528 e. The Bertz CT molecular complexity index is 312. The summed E-state index contributed by atoms with van der Waals surface area (Å²) in [6.45, 7) is 0. The van der Waals surface area contributed by atoms with E-state index >= 15 is 0 Å². The first kappa shape index (κ1) is 8.14. The van der Waals surface area contributed by atoms with Gasteiger partial charge in [0.1, 0.15) is 0 Å². The Morgan fingerprint density at radius 3 is 1.93 bits per heavy atom. The van der Waals surface area contributed by atoms with E-state index in [9.17, 15) is 0 Å². The van der Waals surface area contributed by atoms with E-state index in [1.54, 1.807) is 64.2 Å². The highest BCUT2D eigenvalue weighted by atomic mass is 14.9. The first-order valence-corrected chi connectivity index (χ1v) is 7.29. The lowest BCUT2D eigenvalue weighted by Crippen LogP contribution is -2.20. The van der Waals surface area contributed by atoms with Gasteiger partial charge < -0.3 is 0 Å². The molecular formula is C15H22. The van der Waals surface area contributed by atoms with Crippen LogP contribution in [-0.2, 0) is 0 Å². The molecule has 0 N–H and O–H groups in total. The second-order valence-corrected chi connectivity index (χ2v) is 7.76. The standard InChI is InChI=1S/C15H22/c1-2-6-13(5-1)8-14-10-15(14,9-13)12-4-3-11(14)7-12/h11-12H,1-10H2. The molecule has 5 fully saturated rings. The van der Waals surface area contributed by atoms with Gasteiger partial charge >= 0.3 is 0 Å². The summed E-state index contributed by atoms with van der Waals surface area (Å²) in [5.74, 6) is 2.39. The Hall–Kier alpha value is 0. The number of fused-ring (bicyclic) bond motifs is 2. The zero-order valence-electron chi connectivity index (χ0n) is 9.73. The molecule has 0 aliphatic heterocycles. The number of hydrogen-bond acceptors (Lipinski definition) is 0. The lowest BCUT2D eigenvalue weighted by atomic mass is 9.74. The van der Waals surface area contributed by atoms with Crippen molar-refractivity contribution in [3.05, 3.63) is 0 Å². The van der Waals surface area contributed by atoms with Gasteiger partial charge in [0.2, 0.25) is 0 Å². The molecule has 15 heavy (non-hydrogen) atoms. The third-order valence-electron chi connectivity index (χ3n) is 7.54. The summed E-state index contributed by atoms with van der Waals surface area (Å²) in [4.78, 5) is 0. The Labute approximate surface area is 92.8 Å². The van der Waals surface area contributed by atoms with Crippen LogP contribution in [0.5, 0.6) is 0 Å². The van der Waals surface area contributed by atoms with Gasteiger partial charge in [-0.25, -0.2) is 0 Å². The van der Waals surface area contributed by atoms with Crippen molar-refractivity contribution in [2.24, 2.45) is 28.1 Å². The van der Waals surface area contributed by atoms with Crippen LogP contribution in [0.25, 0.3) is 0 Å². The minimum atomic E-state index is 0.888. The molecule has 82 valence electrons. The second kappa shape index (κ2) is 2.05. The zero-order chi connectivity index (χ0) is 9.73. The molecule has 0 heteroatoms. The summed E-state index contributed by atoms with van der Waals surface area (Å²) in [6, 6.07) is 0. The molecule has 5 saturated carbocycles. The van der Waals surface area contributed by atoms with Crippen LogP contribution in [0, 0.1) is 28.1 Å². The highest BCUT2D eigenvalue weighted by Gasteiger charge is 2.83. The molecule has 1 spiro atoms. The van der Waals surface area contributed by atoms with Crippen LogP contribution in [0.4, 0.5) is 0 Å². The van der Waals surface area contributed by atoms with E-state index < -0.39 is 0 Å². The Balaban J connectivity index is 1.59. The molecule has 0 heterocycles. The quantitative estimate of drug-likeness (QED) is 0.553. The molecule has 5 rings (SSSR count). The van der Waals surface area contributed by atoms with Gasteiger partial charge in [-0.2, -0.15) is 0 Å². The minimum absolute atomic E-state index is 0.888. The molecule has 5 aliphatic rings. The summed E-state index contributed by atoms with van der Waals surface area (Å²) in [5, 5.41) is 0. The monoisotopic (exact) mass is 202 g/mol.